The van der Waals surface area contributed by atoms with E-state index in [9.17, 15) is 19.0 Å². The van der Waals surface area contributed by atoms with Gasteiger partial charge in [-0.25, -0.2) is 0 Å². The van der Waals surface area contributed by atoms with Gasteiger partial charge >= 0.3 is 11.9 Å². The molecular formula is C10H19NO8P-. The molecule has 0 aromatic carbocycles. The van der Waals surface area contributed by atoms with E-state index in [0.717, 1.165) is 0 Å². The number of carbonyl (C=O) groups excluding carboxylic acids is 2. The molecular weight excluding hydrogens is 293 g/mol. The molecule has 0 rings (SSSR count). The van der Waals surface area contributed by atoms with Gasteiger partial charge in [-0.3, -0.25) is 14.2 Å². The maximum absolute atomic E-state index is 11.2. The lowest BCUT2D eigenvalue weighted by atomic mass is 10.4. The number of hydrogen-bond acceptors (Lipinski definition) is 9. The first-order valence-corrected chi connectivity index (χ1v) is 7.46. The molecule has 0 saturated heterocycles. The summed E-state index contributed by atoms with van der Waals surface area (Å²) in [5.41, 5.74) is 4.91. The van der Waals surface area contributed by atoms with Crippen LogP contribution in [0.25, 0.3) is 0 Å². The maximum Gasteiger partial charge on any atom is 0.305 e. The molecule has 0 aromatic rings. The van der Waals surface area contributed by atoms with Gasteiger partial charge in [0.15, 0.2) is 6.10 Å². The van der Waals surface area contributed by atoms with Crippen molar-refractivity contribution in [2.45, 2.75) is 32.8 Å². The molecule has 0 aliphatic carbocycles. The normalized spacial score (nSPS) is 15.2. The Morgan fingerprint density at radius 3 is 2.25 bits per heavy atom. The average molecular weight is 312 g/mol. The minimum absolute atomic E-state index is 0.0898. The fourth-order valence-electron chi connectivity index (χ4n) is 0.976. The molecule has 9 nitrogen and oxygen atoms in total. The second kappa shape index (κ2) is 9.84. The molecule has 0 aliphatic heterocycles. The van der Waals surface area contributed by atoms with E-state index in [1.165, 1.54) is 0 Å². The van der Waals surface area contributed by atoms with Gasteiger partial charge in [0.1, 0.15) is 13.3 Å². The zero-order valence-electron chi connectivity index (χ0n) is 11.4. The molecule has 0 spiro atoms. The van der Waals surface area contributed by atoms with Crippen LogP contribution in [0.1, 0.15) is 26.7 Å². The summed E-state index contributed by atoms with van der Waals surface area (Å²) in [7, 11) is -4.56. The molecule has 0 heterocycles. The zero-order chi connectivity index (χ0) is 15.6. The average Bonchev–Trinajstić information content (AvgIpc) is 2.41. The molecule has 0 aliphatic rings. The molecule has 20 heavy (non-hydrogen) atoms. The van der Waals surface area contributed by atoms with Gasteiger partial charge in [0.2, 0.25) is 0 Å². The Morgan fingerprint density at radius 1 is 1.15 bits per heavy atom. The minimum Gasteiger partial charge on any atom is -0.756 e. The van der Waals surface area contributed by atoms with Crippen LogP contribution in [0.3, 0.4) is 0 Å². The van der Waals surface area contributed by atoms with Crippen LogP contribution in [-0.4, -0.2) is 38.0 Å². The Bertz CT molecular complexity index is 361. The Balaban J connectivity index is 4.40. The molecule has 0 aromatic heterocycles. The fourth-order valence-corrected chi connectivity index (χ4v) is 1.58. The summed E-state index contributed by atoms with van der Waals surface area (Å²) in [6.45, 7) is 1.76. The van der Waals surface area contributed by atoms with Gasteiger partial charge in [-0.1, -0.05) is 13.8 Å². The number of nitrogens with two attached hydrogens (primary N) is 1. The lowest BCUT2D eigenvalue weighted by molar-refractivity contribution is -0.228. The highest BCUT2D eigenvalue weighted by atomic mass is 31.2. The van der Waals surface area contributed by atoms with Gasteiger partial charge in [0.25, 0.3) is 7.82 Å². The maximum atomic E-state index is 11.2. The Labute approximate surface area is 116 Å². The summed E-state index contributed by atoms with van der Waals surface area (Å²) >= 11 is 0. The van der Waals surface area contributed by atoms with Gasteiger partial charge in [0.05, 0.1) is 6.61 Å². The minimum atomic E-state index is -4.56. The van der Waals surface area contributed by atoms with Crippen molar-refractivity contribution in [3.63, 3.8) is 0 Å². The van der Waals surface area contributed by atoms with Crippen LogP contribution >= 0.6 is 7.82 Å². The number of rotatable bonds is 10. The van der Waals surface area contributed by atoms with E-state index in [-0.39, 0.29) is 19.4 Å². The van der Waals surface area contributed by atoms with Crippen LogP contribution in [-0.2, 0) is 32.7 Å². The Morgan fingerprint density at radius 2 is 1.75 bits per heavy atom. The van der Waals surface area contributed by atoms with Crippen molar-refractivity contribution in [2.75, 3.05) is 19.9 Å². The summed E-state index contributed by atoms with van der Waals surface area (Å²) < 4.78 is 29.4. The molecule has 0 radical (unpaired) electrons. The zero-order valence-corrected chi connectivity index (χ0v) is 12.3. The first-order valence-electron chi connectivity index (χ1n) is 5.99. The first kappa shape index (κ1) is 19.0. The molecule has 2 atom stereocenters. The third kappa shape index (κ3) is 9.00. The lowest BCUT2D eigenvalue weighted by Crippen LogP contribution is -2.30. The van der Waals surface area contributed by atoms with Gasteiger partial charge in [-0.2, -0.15) is 0 Å². The van der Waals surface area contributed by atoms with Crippen molar-refractivity contribution in [2.24, 2.45) is 5.73 Å². The number of hydrogen-bond donors (Lipinski definition) is 1. The quantitative estimate of drug-likeness (QED) is 0.326. The smallest absolute Gasteiger partial charge is 0.305 e. The standard InChI is InChI=1S/C10H20NO8P/c1-3-9(12)16-5-8(19-10(13)4-2)6-17-20(14,15)18-7-11/h8H,3-7,11H2,1-2H3,(H,14,15)/p-1/t8-/m1/s1. The Hall–Kier alpha value is -0.990. The lowest BCUT2D eigenvalue weighted by Gasteiger charge is -2.24. The van der Waals surface area contributed by atoms with E-state index in [2.05, 4.69) is 9.05 Å². The predicted octanol–water partition coefficient (Wildman–Crippen LogP) is -0.321. The van der Waals surface area contributed by atoms with Crippen molar-refractivity contribution in [1.29, 1.82) is 0 Å². The molecule has 2 N–H and O–H groups in total. The van der Waals surface area contributed by atoms with Gasteiger partial charge in [0, 0.05) is 12.8 Å². The van der Waals surface area contributed by atoms with Crippen molar-refractivity contribution in [1.82, 2.24) is 0 Å². The predicted molar refractivity (Wildman–Crippen MR) is 65.1 cm³/mol. The number of phosphoric ester groups is 1. The largest absolute Gasteiger partial charge is 0.756 e. The van der Waals surface area contributed by atoms with Crippen molar-refractivity contribution >= 4 is 19.8 Å². The molecule has 0 bridgehead atoms. The first-order chi connectivity index (χ1) is 9.34. The Kier molecular flexibility index (Phi) is 9.35. The molecule has 0 saturated carbocycles. The van der Waals surface area contributed by atoms with Gasteiger partial charge in [-0.15, -0.1) is 0 Å². The molecule has 118 valence electrons. The van der Waals surface area contributed by atoms with Gasteiger partial charge in [-0.05, 0) is 0 Å². The van der Waals surface area contributed by atoms with Crippen LogP contribution in [0.2, 0.25) is 0 Å². The van der Waals surface area contributed by atoms with E-state index in [0.29, 0.717) is 0 Å². The molecule has 0 amide bonds. The van der Waals surface area contributed by atoms with Crippen LogP contribution in [0.4, 0.5) is 0 Å². The summed E-state index contributed by atoms with van der Waals surface area (Å²) in [5.74, 6) is -1.09. The summed E-state index contributed by atoms with van der Waals surface area (Å²) in [6, 6.07) is 0. The fraction of sp³-hybridized carbons (Fsp3) is 0.800. The molecule has 1 unspecified atom stereocenters. The van der Waals surface area contributed by atoms with E-state index < -0.39 is 39.2 Å². The third-order valence-corrected chi connectivity index (χ3v) is 2.89. The van der Waals surface area contributed by atoms with Crippen LogP contribution < -0.4 is 10.6 Å². The van der Waals surface area contributed by atoms with Gasteiger partial charge < -0.3 is 29.1 Å². The van der Waals surface area contributed by atoms with Crippen LogP contribution in [0.5, 0.6) is 0 Å². The molecule has 10 heteroatoms. The number of esters is 2. The third-order valence-electron chi connectivity index (χ3n) is 1.96. The number of phosphoric acid groups is 1. The topological polar surface area (TPSA) is 137 Å². The summed E-state index contributed by atoms with van der Waals surface area (Å²) in [5, 5.41) is 0. The van der Waals surface area contributed by atoms with Crippen LogP contribution in [0, 0.1) is 0 Å². The summed E-state index contributed by atoms with van der Waals surface area (Å²) in [6.07, 6.45) is -0.806. The van der Waals surface area contributed by atoms with E-state index in [4.69, 9.17) is 15.2 Å². The van der Waals surface area contributed by atoms with E-state index >= 15 is 0 Å². The summed E-state index contributed by atoms with van der Waals surface area (Å²) in [4.78, 5) is 33.3. The van der Waals surface area contributed by atoms with E-state index in [1.54, 1.807) is 13.8 Å². The highest BCUT2D eigenvalue weighted by Gasteiger charge is 2.19. The second-order valence-electron chi connectivity index (χ2n) is 3.54. The number of carbonyl (C=O) groups is 2. The highest BCUT2D eigenvalue weighted by Crippen LogP contribution is 2.37. The number of ether oxygens (including phenoxy) is 2. The van der Waals surface area contributed by atoms with E-state index in [1.807, 2.05) is 0 Å². The molecule has 0 fully saturated rings. The van der Waals surface area contributed by atoms with Crippen molar-refractivity contribution in [3.05, 3.63) is 0 Å². The highest BCUT2D eigenvalue weighted by molar-refractivity contribution is 7.45. The van der Waals surface area contributed by atoms with Crippen molar-refractivity contribution in [3.8, 4) is 0 Å². The van der Waals surface area contributed by atoms with Crippen LogP contribution in [0.15, 0.2) is 0 Å². The monoisotopic (exact) mass is 312 g/mol. The van der Waals surface area contributed by atoms with Crippen molar-refractivity contribution < 1.29 is 37.6 Å². The SMILES string of the molecule is CCC(=O)OC[C@H](COP(=O)([O-])OCN)OC(=O)CC. The second-order valence-corrected chi connectivity index (χ2v) is 4.95.